The first kappa shape index (κ1) is 12.7. The number of hydrogen-bond acceptors (Lipinski definition) is 3. The number of nitrogens with one attached hydrogen (secondary N) is 1. The molecular formula is C4H9NO5S. The second kappa shape index (κ2) is 5.83. The molecule has 66 valence electrons. The zero-order valence-electron chi connectivity index (χ0n) is 5.81. The Labute approximate surface area is 64.5 Å². The van der Waals surface area contributed by atoms with Gasteiger partial charge >= 0.3 is 10.4 Å². The predicted molar refractivity (Wildman–Crippen MR) is 38.4 cm³/mol. The molecule has 0 aromatic heterocycles. The Bertz CT molecular complexity index is 211. The van der Waals surface area contributed by atoms with E-state index in [1.54, 1.807) is 7.05 Å². The molecule has 0 aromatic rings. The normalized spacial score (nSPS) is 9.00. The lowest BCUT2D eigenvalue weighted by molar-refractivity contribution is -0.116. The lowest BCUT2D eigenvalue weighted by Gasteiger charge is -1.82. The third-order valence-electron chi connectivity index (χ3n) is 0.432. The second-order valence-corrected chi connectivity index (χ2v) is 2.16. The van der Waals surface area contributed by atoms with E-state index in [0.717, 1.165) is 0 Å². The molecule has 0 spiro atoms. The van der Waals surface area contributed by atoms with Crippen molar-refractivity contribution in [1.29, 1.82) is 0 Å². The number of carbonyl (C=O) groups excluding carboxylic acids is 1. The molecule has 0 fully saturated rings. The van der Waals surface area contributed by atoms with Gasteiger partial charge in [0, 0.05) is 7.05 Å². The van der Waals surface area contributed by atoms with Crippen LogP contribution < -0.4 is 5.32 Å². The molecule has 0 rings (SSSR count). The molecule has 0 heterocycles. The molecule has 0 saturated carbocycles. The summed E-state index contributed by atoms with van der Waals surface area (Å²) in [5.74, 6) is -0.144. The minimum atomic E-state index is -4.67. The second-order valence-electron chi connectivity index (χ2n) is 1.27. The molecule has 0 radical (unpaired) electrons. The van der Waals surface area contributed by atoms with E-state index >= 15 is 0 Å². The summed E-state index contributed by atoms with van der Waals surface area (Å²) in [6, 6.07) is 0. The molecule has 0 aromatic carbocycles. The van der Waals surface area contributed by atoms with Crippen LogP contribution in [0.2, 0.25) is 0 Å². The molecule has 0 aliphatic carbocycles. The fourth-order valence-corrected chi connectivity index (χ4v) is 0.102. The summed E-state index contributed by atoms with van der Waals surface area (Å²) in [5, 5.41) is 2.36. The van der Waals surface area contributed by atoms with Crippen molar-refractivity contribution in [3.8, 4) is 0 Å². The first-order chi connectivity index (χ1) is 4.81. The van der Waals surface area contributed by atoms with E-state index in [-0.39, 0.29) is 5.91 Å². The zero-order valence-corrected chi connectivity index (χ0v) is 6.63. The van der Waals surface area contributed by atoms with E-state index in [2.05, 4.69) is 11.9 Å². The van der Waals surface area contributed by atoms with Gasteiger partial charge in [-0.1, -0.05) is 6.58 Å². The average molecular weight is 183 g/mol. The fraction of sp³-hybridized carbons (Fsp3) is 0.250. The first-order valence-electron chi connectivity index (χ1n) is 2.35. The van der Waals surface area contributed by atoms with Crippen LogP contribution in [0, 0.1) is 0 Å². The summed E-state index contributed by atoms with van der Waals surface area (Å²) in [5.41, 5.74) is 0. The summed E-state index contributed by atoms with van der Waals surface area (Å²) < 4.78 is 31.6. The van der Waals surface area contributed by atoms with Crippen LogP contribution in [-0.4, -0.2) is 30.5 Å². The largest absolute Gasteiger partial charge is 0.394 e. The zero-order chi connectivity index (χ0) is 9.49. The number of amides is 1. The lowest BCUT2D eigenvalue weighted by atomic mass is 10.6. The van der Waals surface area contributed by atoms with Crippen LogP contribution in [0.3, 0.4) is 0 Å². The van der Waals surface area contributed by atoms with E-state index in [1.807, 2.05) is 0 Å². The Balaban J connectivity index is 0. The molecule has 0 saturated heterocycles. The number of hydrogen-bond donors (Lipinski definition) is 3. The van der Waals surface area contributed by atoms with E-state index in [1.165, 1.54) is 6.08 Å². The van der Waals surface area contributed by atoms with Gasteiger partial charge < -0.3 is 5.32 Å². The Morgan fingerprint density at radius 2 is 1.82 bits per heavy atom. The van der Waals surface area contributed by atoms with Crippen LogP contribution in [0.15, 0.2) is 12.7 Å². The molecule has 11 heavy (non-hydrogen) atoms. The lowest BCUT2D eigenvalue weighted by Crippen LogP contribution is -2.13. The summed E-state index contributed by atoms with van der Waals surface area (Å²) in [6.07, 6.45) is 1.22. The molecule has 0 aliphatic rings. The fourth-order valence-electron chi connectivity index (χ4n) is 0.102. The molecule has 1 amide bonds. The summed E-state index contributed by atoms with van der Waals surface area (Å²) in [7, 11) is -3.11. The molecule has 6 nitrogen and oxygen atoms in total. The number of likely N-dealkylation sites (N-methyl/N-ethyl adjacent to an activating group) is 1. The standard InChI is InChI=1S/C4H7NO.H2O4S/c1-3-4(6)5-2;1-5(2,3)4/h3H,1H2,2H3,(H,5,6);(H2,1,2,3,4). The van der Waals surface area contributed by atoms with Crippen molar-refractivity contribution in [2.75, 3.05) is 7.05 Å². The van der Waals surface area contributed by atoms with Gasteiger partial charge in [0.2, 0.25) is 5.91 Å². The minimum absolute atomic E-state index is 0.144. The van der Waals surface area contributed by atoms with Crippen LogP contribution in [0.1, 0.15) is 0 Å². The van der Waals surface area contributed by atoms with Gasteiger partial charge in [-0.3, -0.25) is 13.9 Å². The highest BCUT2D eigenvalue weighted by atomic mass is 32.3. The highest BCUT2D eigenvalue weighted by Gasteiger charge is 1.84. The van der Waals surface area contributed by atoms with Gasteiger partial charge in [0.25, 0.3) is 0 Å². The molecule has 0 unspecified atom stereocenters. The van der Waals surface area contributed by atoms with Crippen molar-refractivity contribution in [3.05, 3.63) is 12.7 Å². The smallest absolute Gasteiger partial charge is 0.356 e. The summed E-state index contributed by atoms with van der Waals surface area (Å²) in [6.45, 7) is 3.22. The Hall–Kier alpha value is -0.920. The summed E-state index contributed by atoms with van der Waals surface area (Å²) in [4.78, 5) is 9.95. The molecule has 0 atom stereocenters. The van der Waals surface area contributed by atoms with E-state index in [9.17, 15) is 4.79 Å². The van der Waals surface area contributed by atoms with Crippen LogP contribution in [0.4, 0.5) is 0 Å². The highest BCUT2D eigenvalue weighted by Crippen LogP contribution is 1.59. The van der Waals surface area contributed by atoms with Crippen molar-refractivity contribution in [1.82, 2.24) is 5.32 Å². The molecule has 7 heteroatoms. The minimum Gasteiger partial charge on any atom is -0.356 e. The number of rotatable bonds is 1. The monoisotopic (exact) mass is 183 g/mol. The van der Waals surface area contributed by atoms with Crippen LogP contribution in [-0.2, 0) is 15.2 Å². The maximum Gasteiger partial charge on any atom is 0.394 e. The highest BCUT2D eigenvalue weighted by molar-refractivity contribution is 7.79. The van der Waals surface area contributed by atoms with Gasteiger partial charge in [0.15, 0.2) is 0 Å². The van der Waals surface area contributed by atoms with Crippen molar-refractivity contribution in [2.24, 2.45) is 0 Å². The maximum absolute atomic E-state index is 9.95. The molecule has 0 bridgehead atoms. The Morgan fingerprint density at radius 3 is 1.82 bits per heavy atom. The van der Waals surface area contributed by atoms with Crippen molar-refractivity contribution >= 4 is 16.3 Å². The Morgan fingerprint density at radius 1 is 1.55 bits per heavy atom. The van der Waals surface area contributed by atoms with Crippen LogP contribution in [0.25, 0.3) is 0 Å². The van der Waals surface area contributed by atoms with Crippen molar-refractivity contribution < 1.29 is 22.3 Å². The van der Waals surface area contributed by atoms with Crippen molar-refractivity contribution in [2.45, 2.75) is 0 Å². The van der Waals surface area contributed by atoms with Gasteiger partial charge in [0.1, 0.15) is 0 Å². The first-order valence-corrected chi connectivity index (χ1v) is 3.75. The van der Waals surface area contributed by atoms with Gasteiger partial charge in [0.05, 0.1) is 0 Å². The van der Waals surface area contributed by atoms with Crippen LogP contribution in [0.5, 0.6) is 0 Å². The Kier molecular flexibility index (Phi) is 6.75. The van der Waals surface area contributed by atoms with Gasteiger partial charge in [-0.05, 0) is 6.08 Å². The molecule has 0 aliphatic heterocycles. The van der Waals surface area contributed by atoms with Crippen molar-refractivity contribution in [3.63, 3.8) is 0 Å². The topological polar surface area (TPSA) is 104 Å². The van der Waals surface area contributed by atoms with Gasteiger partial charge in [-0.2, -0.15) is 8.42 Å². The predicted octanol–water partition coefficient (Wildman–Crippen LogP) is -0.734. The van der Waals surface area contributed by atoms with E-state index in [0.29, 0.717) is 0 Å². The average Bonchev–Trinajstić information content (AvgIpc) is 1.83. The van der Waals surface area contributed by atoms with Gasteiger partial charge in [-0.15, -0.1) is 0 Å². The van der Waals surface area contributed by atoms with Gasteiger partial charge in [-0.25, -0.2) is 0 Å². The third kappa shape index (κ3) is 48.0. The van der Waals surface area contributed by atoms with E-state index < -0.39 is 10.4 Å². The SMILES string of the molecule is C=CC(=O)NC.O=S(=O)(O)O. The maximum atomic E-state index is 9.95. The third-order valence-corrected chi connectivity index (χ3v) is 0.432. The summed E-state index contributed by atoms with van der Waals surface area (Å²) >= 11 is 0. The quantitative estimate of drug-likeness (QED) is 0.367. The van der Waals surface area contributed by atoms with Crippen LogP contribution >= 0.6 is 0 Å². The molecule has 3 N–H and O–H groups in total. The van der Waals surface area contributed by atoms with E-state index in [4.69, 9.17) is 17.5 Å². The number of carbonyl (C=O) groups is 1. The molecular weight excluding hydrogens is 174 g/mol.